The Labute approximate surface area is 118 Å². The van der Waals surface area contributed by atoms with E-state index in [-0.39, 0.29) is 5.91 Å². The first-order valence-corrected chi connectivity index (χ1v) is 6.88. The quantitative estimate of drug-likeness (QED) is 0.840. The molecule has 1 aliphatic rings. The number of halogens is 1. The molecule has 5 heteroatoms. The minimum Gasteiger partial charge on any atom is -0.479 e. The molecule has 4 nitrogen and oxygen atoms in total. The van der Waals surface area contributed by atoms with Gasteiger partial charge in [-0.15, -0.1) is 0 Å². The maximum Gasteiger partial charge on any atom is 0.260 e. The predicted molar refractivity (Wildman–Crippen MR) is 75.5 cm³/mol. The van der Waals surface area contributed by atoms with Crippen LogP contribution in [0.15, 0.2) is 18.2 Å². The molecule has 0 aromatic heterocycles. The first kappa shape index (κ1) is 14.2. The van der Waals surface area contributed by atoms with Crippen molar-refractivity contribution in [3.05, 3.63) is 28.8 Å². The van der Waals surface area contributed by atoms with Crippen molar-refractivity contribution in [2.45, 2.75) is 38.5 Å². The van der Waals surface area contributed by atoms with Crippen LogP contribution < -0.4 is 15.4 Å². The van der Waals surface area contributed by atoms with Crippen molar-refractivity contribution in [3.63, 3.8) is 0 Å². The average molecular weight is 283 g/mol. The molecular formula is C14H19ClN2O2. The van der Waals surface area contributed by atoms with Gasteiger partial charge < -0.3 is 15.4 Å². The molecule has 1 atom stereocenters. The standard InChI is InChI=1S/C14H19ClN2O2/c1-9(14(18)17-11-4-5-11)19-13-6-3-10(8-16-2)7-12(13)15/h3,6-7,9,11,16H,4-5,8H2,1-2H3,(H,17,18). The molecular weight excluding hydrogens is 264 g/mol. The van der Waals surface area contributed by atoms with Crippen LogP contribution >= 0.6 is 11.6 Å². The van der Waals surface area contributed by atoms with Gasteiger partial charge in [0.15, 0.2) is 6.10 Å². The zero-order chi connectivity index (χ0) is 13.8. The molecule has 1 aromatic rings. The summed E-state index contributed by atoms with van der Waals surface area (Å²) in [5, 5.41) is 6.49. The molecule has 1 aliphatic carbocycles. The number of carbonyl (C=O) groups excluding carboxylic acids is 1. The maximum atomic E-state index is 11.8. The molecule has 1 amide bonds. The lowest BCUT2D eigenvalue weighted by atomic mass is 10.2. The van der Waals surface area contributed by atoms with E-state index in [2.05, 4.69) is 10.6 Å². The van der Waals surface area contributed by atoms with Crippen LogP contribution in [0.25, 0.3) is 0 Å². The van der Waals surface area contributed by atoms with Crippen LogP contribution in [0.4, 0.5) is 0 Å². The molecule has 104 valence electrons. The molecule has 19 heavy (non-hydrogen) atoms. The number of nitrogens with one attached hydrogen (secondary N) is 2. The van der Waals surface area contributed by atoms with E-state index in [1.54, 1.807) is 13.0 Å². The average Bonchev–Trinajstić information content (AvgIpc) is 3.16. The van der Waals surface area contributed by atoms with Crippen molar-refractivity contribution in [1.82, 2.24) is 10.6 Å². The molecule has 1 aromatic carbocycles. The lowest BCUT2D eigenvalue weighted by Gasteiger charge is -2.16. The van der Waals surface area contributed by atoms with Gasteiger partial charge in [0.1, 0.15) is 5.75 Å². The highest BCUT2D eigenvalue weighted by molar-refractivity contribution is 6.32. The number of ether oxygens (including phenoxy) is 1. The van der Waals surface area contributed by atoms with Gasteiger partial charge in [0.25, 0.3) is 5.91 Å². The van der Waals surface area contributed by atoms with E-state index in [0.29, 0.717) is 16.8 Å². The molecule has 0 bridgehead atoms. The predicted octanol–water partition coefficient (Wildman–Crippen LogP) is 2.11. The van der Waals surface area contributed by atoms with Gasteiger partial charge in [-0.3, -0.25) is 4.79 Å². The Bertz CT molecular complexity index is 461. The fourth-order valence-electron chi connectivity index (χ4n) is 1.74. The molecule has 0 radical (unpaired) electrons. The van der Waals surface area contributed by atoms with Crippen molar-refractivity contribution >= 4 is 17.5 Å². The Morgan fingerprint density at radius 1 is 1.53 bits per heavy atom. The summed E-state index contributed by atoms with van der Waals surface area (Å²) in [7, 11) is 1.88. The summed E-state index contributed by atoms with van der Waals surface area (Å²) in [6.45, 7) is 2.48. The first-order valence-electron chi connectivity index (χ1n) is 6.50. The summed E-state index contributed by atoms with van der Waals surface area (Å²) in [4.78, 5) is 11.8. The van der Waals surface area contributed by atoms with E-state index in [1.165, 1.54) is 0 Å². The van der Waals surface area contributed by atoms with Gasteiger partial charge in [-0.05, 0) is 44.5 Å². The Morgan fingerprint density at radius 3 is 2.84 bits per heavy atom. The van der Waals surface area contributed by atoms with Crippen molar-refractivity contribution in [1.29, 1.82) is 0 Å². The van der Waals surface area contributed by atoms with Gasteiger partial charge >= 0.3 is 0 Å². The minimum absolute atomic E-state index is 0.0853. The van der Waals surface area contributed by atoms with E-state index in [0.717, 1.165) is 24.9 Å². The van der Waals surface area contributed by atoms with Crippen LogP contribution in [-0.2, 0) is 11.3 Å². The molecule has 1 saturated carbocycles. The fraction of sp³-hybridized carbons (Fsp3) is 0.500. The number of hydrogen-bond donors (Lipinski definition) is 2. The van der Waals surface area contributed by atoms with Crippen LogP contribution in [0.5, 0.6) is 5.75 Å². The third-order valence-corrected chi connectivity index (χ3v) is 3.27. The lowest BCUT2D eigenvalue weighted by Crippen LogP contribution is -2.37. The molecule has 0 heterocycles. The Morgan fingerprint density at radius 2 is 2.26 bits per heavy atom. The van der Waals surface area contributed by atoms with E-state index in [9.17, 15) is 4.79 Å². The third-order valence-electron chi connectivity index (χ3n) is 2.97. The second kappa shape index (κ2) is 6.26. The van der Waals surface area contributed by atoms with Crippen LogP contribution in [0.3, 0.4) is 0 Å². The molecule has 2 N–H and O–H groups in total. The summed E-state index contributed by atoms with van der Waals surface area (Å²) in [6, 6.07) is 5.92. The number of benzene rings is 1. The first-order chi connectivity index (χ1) is 9.10. The molecule has 0 spiro atoms. The molecule has 0 saturated heterocycles. The molecule has 1 unspecified atom stereocenters. The van der Waals surface area contributed by atoms with Gasteiger partial charge in [-0.25, -0.2) is 0 Å². The highest BCUT2D eigenvalue weighted by Gasteiger charge is 2.26. The summed E-state index contributed by atoms with van der Waals surface area (Å²) in [5.74, 6) is 0.456. The molecule has 1 fully saturated rings. The second-order valence-corrected chi connectivity index (χ2v) is 5.25. The normalized spacial score (nSPS) is 15.9. The third kappa shape index (κ3) is 4.11. The van der Waals surface area contributed by atoms with Crippen molar-refractivity contribution in [2.24, 2.45) is 0 Å². The lowest BCUT2D eigenvalue weighted by molar-refractivity contribution is -0.127. The largest absolute Gasteiger partial charge is 0.479 e. The van der Waals surface area contributed by atoms with Gasteiger partial charge in [0.2, 0.25) is 0 Å². The molecule has 0 aliphatic heterocycles. The fourth-order valence-corrected chi connectivity index (χ4v) is 1.99. The monoisotopic (exact) mass is 282 g/mol. The summed E-state index contributed by atoms with van der Waals surface area (Å²) >= 11 is 6.15. The number of carbonyl (C=O) groups is 1. The summed E-state index contributed by atoms with van der Waals surface area (Å²) in [5.41, 5.74) is 1.08. The number of rotatable bonds is 6. The minimum atomic E-state index is -0.534. The Balaban J connectivity index is 1.95. The Kier molecular flexibility index (Phi) is 4.66. The summed E-state index contributed by atoms with van der Waals surface area (Å²) < 4.78 is 5.60. The SMILES string of the molecule is CNCc1ccc(OC(C)C(=O)NC2CC2)c(Cl)c1. The van der Waals surface area contributed by atoms with Gasteiger partial charge in [0, 0.05) is 12.6 Å². The second-order valence-electron chi connectivity index (χ2n) is 4.84. The summed E-state index contributed by atoms with van der Waals surface area (Å²) in [6.07, 6.45) is 1.60. The molecule has 2 rings (SSSR count). The smallest absolute Gasteiger partial charge is 0.260 e. The highest BCUT2D eigenvalue weighted by Crippen LogP contribution is 2.26. The zero-order valence-electron chi connectivity index (χ0n) is 11.2. The van der Waals surface area contributed by atoms with Gasteiger partial charge in [-0.2, -0.15) is 0 Å². The van der Waals surface area contributed by atoms with Crippen molar-refractivity contribution < 1.29 is 9.53 Å². The maximum absolute atomic E-state index is 11.8. The highest BCUT2D eigenvalue weighted by atomic mass is 35.5. The number of amides is 1. The van der Waals surface area contributed by atoms with E-state index in [4.69, 9.17) is 16.3 Å². The van der Waals surface area contributed by atoms with Crippen LogP contribution in [0, 0.1) is 0 Å². The van der Waals surface area contributed by atoms with Gasteiger partial charge in [-0.1, -0.05) is 17.7 Å². The van der Waals surface area contributed by atoms with Crippen LogP contribution in [-0.4, -0.2) is 25.1 Å². The van der Waals surface area contributed by atoms with E-state index < -0.39 is 6.10 Å². The topological polar surface area (TPSA) is 50.4 Å². The zero-order valence-corrected chi connectivity index (χ0v) is 12.0. The van der Waals surface area contributed by atoms with Crippen LogP contribution in [0.2, 0.25) is 5.02 Å². The van der Waals surface area contributed by atoms with E-state index >= 15 is 0 Å². The van der Waals surface area contributed by atoms with Gasteiger partial charge in [0.05, 0.1) is 5.02 Å². The number of hydrogen-bond acceptors (Lipinski definition) is 3. The Hall–Kier alpha value is -1.26. The van der Waals surface area contributed by atoms with Crippen LogP contribution in [0.1, 0.15) is 25.3 Å². The van der Waals surface area contributed by atoms with Crippen molar-refractivity contribution in [3.8, 4) is 5.75 Å². The van der Waals surface area contributed by atoms with Crippen molar-refractivity contribution in [2.75, 3.05) is 7.05 Å². The van der Waals surface area contributed by atoms with E-state index in [1.807, 2.05) is 19.2 Å².